The number of para-hydroxylation sites is 4. The average molecular weight is 597 g/mol. The van der Waals surface area contributed by atoms with Crippen molar-refractivity contribution in [2.45, 2.75) is 39.2 Å². The molecule has 1 aromatic heterocycles. The standard InChI is InChI=1S/C37H36N6O2/c1-5-6-13-25-20-22-26(23-21-25)38-35-37-40-36-32(24(2)41-43(36)27-14-8-7-9-15-27)33(28-16-12-19-31(44-3)34(28)45-4)42(37)30-18-11-10-17-29(30)39-35/h7-12,14-23,33H,5-6,13H2,1-4H3,(H,38,39)/t33-/m0/s1. The maximum Gasteiger partial charge on any atom is 0.179 e. The Hall–Kier alpha value is -5.37. The van der Waals surface area contributed by atoms with E-state index in [1.807, 2.05) is 72.3 Å². The van der Waals surface area contributed by atoms with Crippen LogP contribution in [-0.4, -0.2) is 35.7 Å². The van der Waals surface area contributed by atoms with Crippen molar-refractivity contribution in [1.29, 1.82) is 0 Å². The second-order valence-corrected chi connectivity index (χ2v) is 11.2. The summed E-state index contributed by atoms with van der Waals surface area (Å²) in [5.41, 5.74) is 7.82. The molecule has 2 aliphatic rings. The summed E-state index contributed by atoms with van der Waals surface area (Å²) < 4.78 is 13.7. The van der Waals surface area contributed by atoms with Crippen LogP contribution in [0.25, 0.3) is 5.69 Å². The summed E-state index contributed by atoms with van der Waals surface area (Å²) >= 11 is 0. The second kappa shape index (κ2) is 12.0. The third kappa shape index (κ3) is 5.02. The van der Waals surface area contributed by atoms with Crippen molar-refractivity contribution in [3.63, 3.8) is 0 Å². The van der Waals surface area contributed by atoms with Gasteiger partial charge in [-0.15, -0.1) is 0 Å². The Morgan fingerprint density at radius 2 is 1.60 bits per heavy atom. The molecule has 0 amide bonds. The highest BCUT2D eigenvalue weighted by atomic mass is 16.5. The quantitative estimate of drug-likeness (QED) is 0.195. The summed E-state index contributed by atoms with van der Waals surface area (Å²) in [5.74, 6) is 3.44. The number of fused-ring (bicyclic) bond motifs is 4. The first-order valence-corrected chi connectivity index (χ1v) is 15.4. The van der Waals surface area contributed by atoms with Gasteiger partial charge in [0.05, 0.1) is 43.0 Å². The molecule has 0 spiro atoms. The number of ether oxygens (including phenoxy) is 2. The van der Waals surface area contributed by atoms with Gasteiger partial charge in [-0.2, -0.15) is 5.10 Å². The highest BCUT2D eigenvalue weighted by Crippen LogP contribution is 2.51. The van der Waals surface area contributed by atoms with Crippen LogP contribution in [0.5, 0.6) is 11.5 Å². The Balaban J connectivity index is 1.45. The van der Waals surface area contributed by atoms with Crippen LogP contribution < -0.4 is 19.7 Å². The monoisotopic (exact) mass is 596 g/mol. The van der Waals surface area contributed by atoms with Crippen LogP contribution in [0.1, 0.15) is 48.2 Å². The fourth-order valence-corrected chi connectivity index (χ4v) is 6.24. The largest absolute Gasteiger partial charge is 0.493 e. The number of rotatable bonds is 8. The van der Waals surface area contributed by atoms with Crippen molar-refractivity contribution < 1.29 is 9.47 Å². The highest BCUT2D eigenvalue weighted by molar-refractivity contribution is 6.51. The van der Waals surface area contributed by atoms with Crippen LogP contribution in [0, 0.1) is 6.92 Å². The van der Waals surface area contributed by atoms with Gasteiger partial charge in [-0.25, -0.2) is 14.7 Å². The van der Waals surface area contributed by atoms with Gasteiger partial charge < -0.3 is 19.7 Å². The number of amidine groups is 2. The summed E-state index contributed by atoms with van der Waals surface area (Å²) in [6, 6.07) is 32.6. The van der Waals surface area contributed by atoms with Crippen molar-refractivity contribution in [3.8, 4) is 17.2 Å². The number of hydrogen-bond acceptors (Lipinski definition) is 7. The van der Waals surface area contributed by atoms with Crippen molar-refractivity contribution in [2.24, 2.45) is 9.98 Å². The van der Waals surface area contributed by atoms with E-state index in [1.165, 1.54) is 18.4 Å². The molecule has 0 unspecified atom stereocenters. The van der Waals surface area contributed by atoms with Gasteiger partial charge in [-0.1, -0.05) is 67.9 Å². The predicted molar refractivity (Wildman–Crippen MR) is 181 cm³/mol. The SMILES string of the molecule is CCCCc1ccc(NC2=Nc3ccccc3N3C2=Nc2c(c(C)nn2-c2ccccc2)[C@@H]3c2cccc(OC)c2OC)cc1. The zero-order valence-corrected chi connectivity index (χ0v) is 26.0. The van der Waals surface area contributed by atoms with Gasteiger partial charge in [0.1, 0.15) is 0 Å². The molecule has 8 heteroatoms. The smallest absolute Gasteiger partial charge is 0.179 e. The van der Waals surface area contributed by atoms with E-state index in [0.717, 1.165) is 51.8 Å². The van der Waals surface area contributed by atoms with Gasteiger partial charge >= 0.3 is 0 Å². The van der Waals surface area contributed by atoms with E-state index in [0.29, 0.717) is 23.2 Å². The maximum atomic E-state index is 6.03. The first-order valence-electron chi connectivity index (χ1n) is 15.4. The molecule has 1 N–H and O–H groups in total. The van der Waals surface area contributed by atoms with Gasteiger partial charge in [0.25, 0.3) is 0 Å². The number of aromatic nitrogens is 2. The molecule has 7 rings (SSSR count). The fourth-order valence-electron chi connectivity index (χ4n) is 6.24. The van der Waals surface area contributed by atoms with E-state index in [-0.39, 0.29) is 6.04 Å². The molecule has 0 saturated carbocycles. The Kier molecular flexibility index (Phi) is 7.55. The number of unbranched alkanes of at least 4 members (excludes halogenated alkanes) is 1. The molecule has 0 saturated heterocycles. The van der Waals surface area contributed by atoms with Gasteiger partial charge in [-0.05, 0) is 67.8 Å². The molecule has 45 heavy (non-hydrogen) atoms. The van der Waals surface area contributed by atoms with Gasteiger partial charge in [0, 0.05) is 16.8 Å². The number of anilines is 2. The molecule has 0 fully saturated rings. The minimum absolute atomic E-state index is 0.333. The van der Waals surface area contributed by atoms with Crippen molar-refractivity contribution in [3.05, 3.63) is 119 Å². The summed E-state index contributed by atoms with van der Waals surface area (Å²) in [6.07, 6.45) is 3.42. The van der Waals surface area contributed by atoms with E-state index in [1.54, 1.807) is 14.2 Å². The normalized spacial score (nSPS) is 14.9. The van der Waals surface area contributed by atoms with Crippen LogP contribution in [-0.2, 0) is 6.42 Å². The summed E-state index contributed by atoms with van der Waals surface area (Å²) in [5, 5.41) is 8.66. The Bertz CT molecular complexity index is 1910. The number of hydrogen-bond donors (Lipinski definition) is 1. The zero-order chi connectivity index (χ0) is 30.9. The lowest BCUT2D eigenvalue weighted by Gasteiger charge is -2.41. The molecule has 1 atom stereocenters. The average Bonchev–Trinajstić information content (AvgIpc) is 3.42. The van der Waals surface area contributed by atoms with E-state index in [2.05, 4.69) is 53.5 Å². The zero-order valence-electron chi connectivity index (χ0n) is 26.0. The molecule has 0 bridgehead atoms. The van der Waals surface area contributed by atoms with E-state index < -0.39 is 0 Å². The molecule has 2 aliphatic heterocycles. The minimum Gasteiger partial charge on any atom is -0.493 e. The first-order chi connectivity index (χ1) is 22.1. The fraction of sp³-hybridized carbons (Fsp3) is 0.216. The number of methoxy groups -OCH3 is 2. The van der Waals surface area contributed by atoms with Gasteiger partial charge in [-0.3, -0.25) is 0 Å². The Morgan fingerprint density at radius 3 is 2.36 bits per heavy atom. The molecule has 226 valence electrons. The summed E-state index contributed by atoms with van der Waals surface area (Å²) in [7, 11) is 3.35. The molecule has 4 aromatic carbocycles. The van der Waals surface area contributed by atoms with Crippen LogP contribution >= 0.6 is 0 Å². The molecule has 0 radical (unpaired) electrons. The number of aryl methyl sites for hydroxylation is 2. The van der Waals surface area contributed by atoms with E-state index in [9.17, 15) is 0 Å². The summed E-state index contributed by atoms with van der Waals surface area (Å²) in [4.78, 5) is 12.7. The van der Waals surface area contributed by atoms with Gasteiger partial charge in [0.2, 0.25) is 0 Å². The van der Waals surface area contributed by atoms with Crippen molar-refractivity contribution in [2.75, 3.05) is 24.4 Å². The Morgan fingerprint density at radius 1 is 0.822 bits per heavy atom. The lowest BCUT2D eigenvalue weighted by molar-refractivity contribution is 0.350. The topological polar surface area (TPSA) is 76.3 Å². The number of nitrogens with one attached hydrogen (secondary N) is 1. The first kappa shape index (κ1) is 28.4. The van der Waals surface area contributed by atoms with Gasteiger partial charge in [0.15, 0.2) is 29.0 Å². The second-order valence-electron chi connectivity index (χ2n) is 11.2. The highest BCUT2D eigenvalue weighted by Gasteiger charge is 2.43. The van der Waals surface area contributed by atoms with Crippen molar-refractivity contribution in [1.82, 2.24) is 9.78 Å². The molecular formula is C37H36N6O2. The number of nitrogens with zero attached hydrogens (tertiary/aromatic N) is 5. The molecule has 8 nitrogen and oxygen atoms in total. The Labute approximate surface area is 263 Å². The maximum absolute atomic E-state index is 6.03. The minimum atomic E-state index is -0.333. The predicted octanol–water partition coefficient (Wildman–Crippen LogP) is 8.34. The number of aliphatic imine (C=N–C) groups is 2. The van der Waals surface area contributed by atoms with Crippen LogP contribution in [0.2, 0.25) is 0 Å². The van der Waals surface area contributed by atoms with Crippen LogP contribution in [0.4, 0.5) is 22.9 Å². The molecule has 0 aliphatic carbocycles. The lowest BCUT2D eigenvalue weighted by Crippen LogP contribution is -2.46. The third-order valence-electron chi connectivity index (χ3n) is 8.40. The lowest BCUT2D eigenvalue weighted by atomic mass is 9.92. The van der Waals surface area contributed by atoms with Crippen LogP contribution in [0.15, 0.2) is 107 Å². The summed E-state index contributed by atoms with van der Waals surface area (Å²) in [6.45, 7) is 4.26. The molecule has 5 aromatic rings. The molecular weight excluding hydrogens is 560 g/mol. The number of benzene rings is 4. The van der Waals surface area contributed by atoms with Crippen LogP contribution in [0.3, 0.4) is 0 Å². The van der Waals surface area contributed by atoms with E-state index in [4.69, 9.17) is 24.6 Å². The third-order valence-corrected chi connectivity index (χ3v) is 8.40. The van der Waals surface area contributed by atoms with Crippen molar-refractivity contribution >= 4 is 34.6 Å². The van der Waals surface area contributed by atoms with E-state index >= 15 is 0 Å². The molecule has 3 heterocycles.